The van der Waals surface area contributed by atoms with Gasteiger partial charge in [0.05, 0.1) is 12.7 Å². The minimum atomic E-state index is -0.609. The predicted octanol–water partition coefficient (Wildman–Crippen LogP) is 1.92. The van der Waals surface area contributed by atoms with Gasteiger partial charge in [-0.2, -0.15) is 0 Å². The summed E-state index contributed by atoms with van der Waals surface area (Å²) in [5.74, 6) is -1.10. The molecule has 0 bridgehead atoms. The Labute approximate surface area is 99.5 Å². The van der Waals surface area contributed by atoms with Crippen molar-refractivity contribution in [2.75, 3.05) is 7.11 Å². The van der Waals surface area contributed by atoms with E-state index in [4.69, 9.17) is 0 Å². The van der Waals surface area contributed by atoms with Crippen LogP contribution in [-0.2, 0) is 9.53 Å². The number of benzene rings is 1. The second-order valence-corrected chi connectivity index (χ2v) is 3.70. The Kier molecular flexibility index (Phi) is 4.04. The largest absolute Gasteiger partial charge is 0.507 e. The van der Waals surface area contributed by atoms with Gasteiger partial charge < -0.3 is 9.84 Å². The number of phenols is 1. The molecule has 0 aliphatic carbocycles. The first kappa shape index (κ1) is 13.0. The summed E-state index contributed by atoms with van der Waals surface area (Å²) in [4.78, 5) is 22.6. The Balaban J connectivity index is 3.05. The summed E-state index contributed by atoms with van der Waals surface area (Å²) in [5.41, 5.74) is 1.68. The zero-order chi connectivity index (χ0) is 13.0. The van der Waals surface area contributed by atoms with E-state index >= 15 is 0 Å². The van der Waals surface area contributed by atoms with E-state index in [0.717, 1.165) is 17.7 Å². The smallest absolute Gasteiger partial charge is 0.330 e. The molecule has 0 saturated carbocycles. The minimum Gasteiger partial charge on any atom is -0.507 e. The third kappa shape index (κ3) is 3.17. The van der Waals surface area contributed by atoms with Crippen molar-refractivity contribution in [1.29, 1.82) is 0 Å². The van der Waals surface area contributed by atoms with Crippen LogP contribution in [0.15, 0.2) is 24.3 Å². The molecule has 0 spiro atoms. The average molecular weight is 234 g/mol. The van der Waals surface area contributed by atoms with Crippen LogP contribution in [0.25, 0.3) is 0 Å². The second kappa shape index (κ2) is 5.30. The van der Waals surface area contributed by atoms with Gasteiger partial charge in [0.25, 0.3) is 0 Å². The number of carbonyl (C=O) groups excluding carboxylic acids is 2. The summed E-state index contributed by atoms with van der Waals surface area (Å²) < 4.78 is 4.37. The highest BCUT2D eigenvalue weighted by Crippen LogP contribution is 2.24. The van der Waals surface area contributed by atoms with Crippen molar-refractivity contribution in [3.05, 3.63) is 41.0 Å². The summed E-state index contributed by atoms with van der Waals surface area (Å²) in [7, 11) is 1.23. The molecule has 1 aromatic rings. The molecule has 90 valence electrons. The number of ether oxygens (including phenoxy) is 1. The fourth-order valence-electron chi connectivity index (χ4n) is 1.45. The lowest BCUT2D eigenvalue weighted by Crippen LogP contribution is -2.00. The first-order valence-electron chi connectivity index (χ1n) is 5.06. The lowest BCUT2D eigenvalue weighted by molar-refractivity contribution is -0.134. The van der Waals surface area contributed by atoms with Gasteiger partial charge in [0.15, 0.2) is 5.78 Å². The van der Waals surface area contributed by atoms with Crippen LogP contribution in [0, 0.1) is 13.8 Å². The Morgan fingerprint density at radius 2 is 1.88 bits per heavy atom. The summed E-state index contributed by atoms with van der Waals surface area (Å²) in [5, 5.41) is 9.74. The monoisotopic (exact) mass is 234 g/mol. The number of allylic oxidation sites excluding steroid dienone is 1. The molecule has 17 heavy (non-hydrogen) atoms. The predicted molar refractivity (Wildman–Crippen MR) is 63.1 cm³/mol. The van der Waals surface area contributed by atoms with Crippen molar-refractivity contribution >= 4 is 11.8 Å². The zero-order valence-electron chi connectivity index (χ0n) is 9.98. The van der Waals surface area contributed by atoms with Gasteiger partial charge in [0.2, 0.25) is 0 Å². The molecule has 1 rings (SSSR count). The third-order valence-electron chi connectivity index (χ3n) is 2.28. The van der Waals surface area contributed by atoms with E-state index in [0.29, 0.717) is 5.56 Å². The van der Waals surface area contributed by atoms with Gasteiger partial charge >= 0.3 is 5.97 Å². The van der Waals surface area contributed by atoms with Crippen LogP contribution in [-0.4, -0.2) is 24.0 Å². The lowest BCUT2D eigenvalue weighted by Gasteiger charge is -2.05. The van der Waals surface area contributed by atoms with Crippen LogP contribution < -0.4 is 0 Å². The maximum atomic E-state index is 11.7. The number of hydrogen-bond donors (Lipinski definition) is 1. The topological polar surface area (TPSA) is 63.6 Å². The van der Waals surface area contributed by atoms with Crippen LogP contribution in [0.4, 0.5) is 0 Å². The number of esters is 1. The van der Waals surface area contributed by atoms with Gasteiger partial charge in [0.1, 0.15) is 5.75 Å². The highest BCUT2D eigenvalue weighted by atomic mass is 16.5. The van der Waals surface area contributed by atoms with Gasteiger partial charge in [-0.25, -0.2) is 4.79 Å². The Bertz CT molecular complexity index is 486. The number of carbonyl (C=O) groups is 2. The third-order valence-corrected chi connectivity index (χ3v) is 2.28. The van der Waals surface area contributed by atoms with Crippen molar-refractivity contribution in [3.8, 4) is 5.75 Å². The summed E-state index contributed by atoms with van der Waals surface area (Å²) in [6, 6.07) is 3.35. The number of phenolic OH excluding ortho intramolecular Hbond substituents is 1. The molecule has 0 heterocycles. The maximum absolute atomic E-state index is 11.7. The quantitative estimate of drug-likeness (QED) is 0.493. The molecule has 4 heteroatoms. The SMILES string of the molecule is COC(=O)/C=C\C(=O)c1cc(C)cc(C)c1O. The van der Waals surface area contributed by atoms with Crippen molar-refractivity contribution in [2.45, 2.75) is 13.8 Å². The summed E-state index contributed by atoms with van der Waals surface area (Å²) in [6.45, 7) is 3.54. The molecule has 0 radical (unpaired) electrons. The summed E-state index contributed by atoms with van der Waals surface area (Å²) in [6.07, 6.45) is 2.11. The molecular formula is C13H14O4. The van der Waals surface area contributed by atoms with Gasteiger partial charge in [-0.05, 0) is 37.1 Å². The Hall–Kier alpha value is -2.10. The van der Waals surface area contributed by atoms with Gasteiger partial charge in [-0.15, -0.1) is 0 Å². The van der Waals surface area contributed by atoms with Crippen LogP contribution >= 0.6 is 0 Å². The maximum Gasteiger partial charge on any atom is 0.330 e. The second-order valence-electron chi connectivity index (χ2n) is 3.70. The molecule has 0 aromatic heterocycles. The number of methoxy groups -OCH3 is 1. The van der Waals surface area contributed by atoms with Gasteiger partial charge in [-0.1, -0.05) is 6.07 Å². The highest BCUT2D eigenvalue weighted by Gasteiger charge is 2.11. The molecule has 0 fully saturated rings. The van der Waals surface area contributed by atoms with Crippen LogP contribution in [0.3, 0.4) is 0 Å². The van der Waals surface area contributed by atoms with Crippen molar-refractivity contribution in [3.63, 3.8) is 0 Å². The molecule has 0 amide bonds. The molecule has 1 N–H and O–H groups in total. The number of rotatable bonds is 3. The zero-order valence-corrected chi connectivity index (χ0v) is 9.98. The molecule has 0 aliphatic heterocycles. The molecule has 1 aromatic carbocycles. The normalized spacial score (nSPS) is 10.5. The van der Waals surface area contributed by atoms with E-state index in [9.17, 15) is 14.7 Å². The average Bonchev–Trinajstić information content (AvgIpc) is 2.30. The van der Waals surface area contributed by atoms with E-state index in [2.05, 4.69) is 4.74 Å². The van der Waals surface area contributed by atoms with E-state index in [1.807, 2.05) is 6.92 Å². The number of aromatic hydroxyl groups is 1. The number of ketones is 1. The fraction of sp³-hybridized carbons (Fsp3) is 0.231. The Morgan fingerprint density at radius 3 is 2.47 bits per heavy atom. The van der Waals surface area contributed by atoms with E-state index in [1.54, 1.807) is 19.1 Å². The molecule has 0 aliphatic rings. The van der Waals surface area contributed by atoms with Crippen LogP contribution in [0.1, 0.15) is 21.5 Å². The summed E-state index contributed by atoms with van der Waals surface area (Å²) >= 11 is 0. The highest BCUT2D eigenvalue weighted by molar-refractivity contribution is 6.08. The molecule has 0 atom stereocenters. The first-order chi connectivity index (χ1) is 7.95. The van der Waals surface area contributed by atoms with E-state index in [-0.39, 0.29) is 11.3 Å². The van der Waals surface area contributed by atoms with E-state index < -0.39 is 11.8 Å². The van der Waals surface area contributed by atoms with Gasteiger partial charge in [0, 0.05) is 6.08 Å². The van der Waals surface area contributed by atoms with E-state index in [1.165, 1.54) is 7.11 Å². The standard InChI is InChI=1S/C13H14O4/c1-8-6-9(2)13(16)10(7-8)11(14)4-5-12(15)17-3/h4-7,16H,1-3H3/b5-4-. The fourth-order valence-corrected chi connectivity index (χ4v) is 1.45. The van der Waals surface area contributed by atoms with Crippen LogP contribution in [0.2, 0.25) is 0 Å². The van der Waals surface area contributed by atoms with Crippen molar-refractivity contribution < 1.29 is 19.4 Å². The molecule has 0 saturated heterocycles. The van der Waals surface area contributed by atoms with Gasteiger partial charge in [-0.3, -0.25) is 4.79 Å². The Morgan fingerprint density at radius 1 is 1.24 bits per heavy atom. The molecule has 0 unspecified atom stereocenters. The number of aryl methyl sites for hydroxylation is 2. The first-order valence-corrected chi connectivity index (χ1v) is 5.06. The minimum absolute atomic E-state index is 0.0601. The van der Waals surface area contributed by atoms with Crippen molar-refractivity contribution in [1.82, 2.24) is 0 Å². The number of hydrogen-bond acceptors (Lipinski definition) is 4. The lowest BCUT2D eigenvalue weighted by atomic mass is 10.0. The molecular weight excluding hydrogens is 220 g/mol. The molecule has 4 nitrogen and oxygen atoms in total. The van der Waals surface area contributed by atoms with Crippen LogP contribution in [0.5, 0.6) is 5.75 Å². The van der Waals surface area contributed by atoms with Crippen molar-refractivity contribution in [2.24, 2.45) is 0 Å².